The largest absolute Gasteiger partial charge is 0.233 e. The Kier molecular flexibility index (Phi) is 3.46. The van der Waals surface area contributed by atoms with Crippen molar-refractivity contribution < 1.29 is 0 Å². The molecular weight excluding hydrogens is 286 g/mol. The average Bonchev–Trinajstić information content (AvgIpc) is 2.09. The first-order chi connectivity index (χ1) is 5.69. The van der Waals surface area contributed by atoms with Crippen molar-refractivity contribution >= 4 is 40.3 Å². The predicted octanol–water partition coefficient (Wildman–Crippen LogP) is 2.94. The van der Waals surface area contributed by atoms with Gasteiger partial charge in [0.25, 0.3) is 0 Å². The Balaban J connectivity index is 3.28. The average molecular weight is 295 g/mol. The summed E-state index contributed by atoms with van der Waals surface area (Å²) in [4.78, 5) is 8.28. The lowest BCUT2D eigenvalue weighted by atomic mass is 10.3. The van der Waals surface area contributed by atoms with E-state index in [-0.39, 0.29) is 0 Å². The fourth-order valence-electron chi connectivity index (χ4n) is 0.807. The van der Waals surface area contributed by atoms with Crippen molar-refractivity contribution in [2.45, 2.75) is 13.3 Å². The van der Waals surface area contributed by atoms with Gasteiger partial charge < -0.3 is 0 Å². The van der Waals surface area contributed by atoms with Crippen LogP contribution in [0.25, 0.3) is 6.08 Å². The van der Waals surface area contributed by atoms with Crippen LogP contribution >= 0.6 is 34.2 Å². The lowest BCUT2D eigenvalue weighted by Gasteiger charge is -2.02. The number of aromatic nitrogens is 2. The summed E-state index contributed by atoms with van der Waals surface area (Å²) in [6.07, 6.45) is 2.46. The summed E-state index contributed by atoms with van der Waals surface area (Å²) >= 11 is 8.02. The number of hydrogen-bond acceptors (Lipinski definition) is 2. The number of rotatable bonds is 2. The van der Waals surface area contributed by atoms with Crippen LogP contribution in [0.5, 0.6) is 0 Å². The molecule has 64 valence electrons. The van der Waals surface area contributed by atoms with E-state index in [0.717, 1.165) is 15.7 Å². The predicted molar refractivity (Wildman–Crippen MR) is 59.2 cm³/mol. The molecule has 1 heterocycles. The highest BCUT2D eigenvalue weighted by atomic mass is 127. The molecular formula is C8H8ClIN2. The Labute approximate surface area is 90.2 Å². The zero-order valence-corrected chi connectivity index (χ0v) is 9.56. The molecule has 0 N–H and O–H groups in total. The van der Waals surface area contributed by atoms with E-state index in [9.17, 15) is 0 Å². The molecule has 2 nitrogen and oxygen atoms in total. The Hall–Kier alpha value is -0.160. The Bertz CT molecular complexity index is 312. The van der Waals surface area contributed by atoms with Gasteiger partial charge in [-0.2, -0.15) is 0 Å². The van der Waals surface area contributed by atoms with E-state index in [1.54, 1.807) is 6.08 Å². The molecule has 1 aromatic heterocycles. The Morgan fingerprint density at radius 3 is 2.75 bits per heavy atom. The highest BCUT2D eigenvalue weighted by Gasteiger charge is 2.06. The molecule has 0 aliphatic heterocycles. The van der Waals surface area contributed by atoms with Crippen LogP contribution < -0.4 is 0 Å². The summed E-state index contributed by atoms with van der Waals surface area (Å²) in [6, 6.07) is 0. The zero-order chi connectivity index (χ0) is 9.14. The van der Waals surface area contributed by atoms with Crippen molar-refractivity contribution in [3.63, 3.8) is 0 Å². The van der Waals surface area contributed by atoms with E-state index < -0.39 is 0 Å². The molecule has 0 amide bonds. The molecule has 1 aromatic rings. The Morgan fingerprint density at radius 1 is 1.58 bits per heavy atom. The van der Waals surface area contributed by atoms with Crippen molar-refractivity contribution in [3.05, 3.63) is 26.8 Å². The number of hydrogen-bond donors (Lipinski definition) is 0. The van der Waals surface area contributed by atoms with Crippen LogP contribution in [0.15, 0.2) is 6.58 Å². The van der Waals surface area contributed by atoms with Crippen LogP contribution in [-0.4, -0.2) is 9.97 Å². The second-order valence-electron chi connectivity index (χ2n) is 2.19. The van der Waals surface area contributed by atoms with E-state index in [4.69, 9.17) is 11.6 Å². The van der Waals surface area contributed by atoms with Gasteiger partial charge in [0.1, 0.15) is 5.15 Å². The maximum absolute atomic E-state index is 5.87. The second kappa shape index (κ2) is 4.18. The molecule has 0 unspecified atom stereocenters. The minimum atomic E-state index is 0.511. The van der Waals surface area contributed by atoms with E-state index in [2.05, 4.69) is 39.1 Å². The molecule has 12 heavy (non-hydrogen) atoms. The van der Waals surface area contributed by atoms with Gasteiger partial charge >= 0.3 is 0 Å². The number of halogens is 2. The van der Waals surface area contributed by atoms with E-state index in [1.165, 1.54) is 0 Å². The van der Waals surface area contributed by atoms with Gasteiger partial charge in [-0.05, 0) is 35.1 Å². The van der Waals surface area contributed by atoms with Crippen molar-refractivity contribution in [2.24, 2.45) is 0 Å². The third-order valence-electron chi connectivity index (χ3n) is 1.41. The highest BCUT2D eigenvalue weighted by molar-refractivity contribution is 14.1. The van der Waals surface area contributed by atoms with Crippen LogP contribution in [0, 0.1) is 3.57 Å². The van der Waals surface area contributed by atoms with Gasteiger partial charge in [-0.1, -0.05) is 25.1 Å². The third-order valence-corrected chi connectivity index (χ3v) is 3.14. The van der Waals surface area contributed by atoms with Gasteiger partial charge in [0.15, 0.2) is 5.82 Å². The van der Waals surface area contributed by atoms with E-state index in [1.807, 2.05) is 6.92 Å². The summed E-state index contributed by atoms with van der Waals surface area (Å²) in [7, 11) is 0. The zero-order valence-electron chi connectivity index (χ0n) is 6.64. The van der Waals surface area contributed by atoms with Gasteiger partial charge in [0.2, 0.25) is 0 Å². The second-order valence-corrected chi connectivity index (χ2v) is 3.63. The minimum absolute atomic E-state index is 0.511. The first kappa shape index (κ1) is 9.92. The molecule has 0 atom stereocenters. The fourth-order valence-corrected chi connectivity index (χ4v) is 1.62. The van der Waals surface area contributed by atoms with E-state index in [0.29, 0.717) is 11.0 Å². The lowest BCUT2D eigenvalue weighted by Crippen LogP contribution is -1.98. The molecule has 0 aliphatic carbocycles. The summed E-state index contributed by atoms with van der Waals surface area (Å²) in [6.45, 7) is 5.63. The fraction of sp³-hybridized carbons (Fsp3) is 0.250. The lowest BCUT2D eigenvalue weighted by molar-refractivity contribution is 0.970. The summed E-state index contributed by atoms with van der Waals surface area (Å²) in [5.74, 6) is 0.595. The maximum Gasteiger partial charge on any atom is 0.153 e. The maximum atomic E-state index is 5.87. The first-order valence-electron chi connectivity index (χ1n) is 3.53. The topological polar surface area (TPSA) is 25.8 Å². The SMILES string of the molecule is C=Cc1nc(Cl)c(I)c(CC)n1. The van der Waals surface area contributed by atoms with Crippen LogP contribution in [0.1, 0.15) is 18.4 Å². The monoisotopic (exact) mass is 294 g/mol. The Morgan fingerprint density at radius 2 is 2.25 bits per heavy atom. The number of aryl methyl sites for hydroxylation is 1. The standard InChI is InChI=1S/C8H8ClIN2/c1-3-5-7(10)8(9)12-6(4-2)11-5/h4H,2-3H2,1H3. The van der Waals surface area contributed by atoms with Gasteiger partial charge in [0, 0.05) is 0 Å². The molecule has 0 aromatic carbocycles. The molecule has 0 saturated carbocycles. The molecule has 4 heteroatoms. The van der Waals surface area contributed by atoms with Crippen LogP contribution in [0.4, 0.5) is 0 Å². The van der Waals surface area contributed by atoms with Gasteiger partial charge in [-0.25, -0.2) is 9.97 Å². The van der Waals surface area contributed by atoms with E-state index >= 15 is 0 Å². The van der Waals surface area contributed by atoms with Crippen molar-refractivity contribution in [2.75, 3.05) is 0 Å². The van der Waals surface area contributed by atoms with Gasteiger partial charge in [-0.3, -0.25) is 0 Å². The smallest absolute Gasteiger partial charge is 0.153 e. The van der Waals surface area contributed by atoms with Crippen molar-refractivity contribution in [3.8, 4) is 0 Å². The molecule has 1 rings (SSSR count). The summed E-state index contributed by atoms with van der Waals surface area (Å²) in [5, 5.41) is 0.511. The molecule has 0 aliphatic rings. The summed E-state index contributed by atoms with van der Waals surface area (Å²) < 4.78 is 0.933. The molecule has 0 bridgehead atoms. The summed E-state index contributed by atoms with van der Waals surface area (Å²) in [5.41, 5.74) is 0.977. The first-order valence-corrected chi connectivity index (χ1v) is 4.99. The van der Waals surface area contributed by atoms with Gasteiger partial charge in [-0.15, -0.1) is 0 Å². The molecule has 0 saturated heterocycles. The molecule has 0 radical (unpaired) electrons. The third kappa shape index (κ3) is 1.95. The van der Waals surface area contributed by atoms with Crippen LogP contribution in [0.3, 0.4) is 0 Å². The van der Waals surface area contributed by atoms with Crippen molar-refractivity contribution in [1.29, 1.82) is 0 Å². The minimum Gasteiger partial charge on any atom is -0.233 e. The quantitative estimate of drug-likeness (QED) is 0.619. The van der Waals surface area contributed by atoms with Crippen LogP contribution in [0.2, 0.25) is 5.15 Å². The van der Waals surface area contributed by atoms with Crippen LogP contribution in [-0.2, 0) is 6.42 Å². The number of nitrogens with zero attached hydrogens (tertiary/aromatic N) is 2. The molecule has 0 spiro atoms. The normalized spacial score (nSPS) is 9.92. The van der Waals surface area contributed by atoms with Crippen molar-refractivity contribution in [1.82, 2.24) is 9.97 Å². The molecule has 0 fully saturated rings. The highest BCUT2D eigenvalue weighted by Crippen LogP contribution is 2.19. The van der Waals surface area contributed by atoms with Gasteiger partial charge in [0.05, 0.1) is 9.26 Å².